The first-order valence-electron chi connectivity index (χ1n) is 27.0. The second-order valence-electron chi connectivity index (χ2n) is 20.9. The number of aliphatic hydroxyl groups is 2. The summed E-state index contributed by atoms with van der Waals surface area (Å²) < 4.78 is 29.9. The maximum atomic E-state index is 17.0. The van der Waals surface area contributed by atoms with E-state index in [1.807, 2.05) is 77.7 Å². The van der Waals surface area contributed by atoms with E-state index in [0.717, 1.165) is 41.7 Å². The molecule has 1 aliphatic carbocycles. The largest absolute Gasteiger partial charge is 0.493 e. The molecule has 80 heavy (non-hydrogen) atoms. The van der Waals surface area contributed by atoms with Crippen LogP contribution in [-0.4, -0.2) is 94.4 Å². The zero-order chi connectivity index (χ0) is 55.7. The molecule has 4 heterocycles. The number of nitro groups is 1. The number of non-ortho nitro benzene ring substituents is 1. The molecule has 3 amide bonds. The highest BCUT2D eigenvalue weighted by Crippen LogP contribution is 2.66. The molecule has 4 aliphatic heterocycles. The van der Waals surface area contributed by atoms with Gasteiger partial charge in [0.25, 0.3) is 5.69 Å². The molecule has 6 unspecified atom stereocenters. The van der Waals surface area contributed by atoms with Gasteiger partial charge in [0.15, 0.2) is 11.5 Å². The number of nitrogens with zero attached hydrogens (tertiary/aromatic N) is 4. The summed E-state index contributed by atoms with van der Waals surface area (Å²) in [7, 11) is 3.08. The van der Waals surface area contributed by atoms with Crippen LogP contribution in [0.25, 0.3) is 0 Å². The fourth-order valence-corrected chi connectivity index (χ4v) is 12.7. The van der Waals surface area contributed by atoms with Crippen molar-refractivity contribution in [3.63, 3.8) is 0 Å². The SMILES string of the molecule is COc1cc2c(cc1OC)CN(C(=O)C1C3C(=O)OC(c4ccccc4)C(c4ccccc4)N3C(c3ccc(OCCO)cc3)C13C(=O)N(C(=O)OCc1ccc([N+](=O)[O-])cc1)c1ccc(C#CC4(O)CCCCCC4)cc13)CC2. The predicted molar refractivity (Wildman–Crippen MR) is 292 cm³/mol. The Bertz CT molecular complexity index is 3390. The topological polar surface area (TPSA) is 208 Å². The molecule has 6 aromatic carbocycles. The van der Waals surface area contributed by atoms with E-state index in [9.17, 15) is 20.3 Å². The summed E-state index contributed by atoms with van der Waals surface area (Å²) in [6, 6.07) is 36.2. The number of carbonyl (C=O) groups excluding carboxylic acids is 4. The lowest BCUT2D eigenvalue weighted by Gasteiger charge is -2.46. The zero-order valence-electron chi connectivity index (χ0n) is 44.3. The summed E-state index contributed by atoms with van der Waals surface area (Å²) in [4.78, 5) is 80.2. The summed E-state index contributed by atoms with van der Waals surface area (Å²) in [5.74, 6) is 4.00. The van der Waals surface area contributed by atoms with Gasteiger partial charge < -0.3 is 38.8 Å². The molecule has 410 valence electrons. The molecular formula is C63H60N4O13. The number of amides is 3. The van der Waals surface area contributed by atoms with Crippen molar-refractivity contribution in [1.29, 1.82) is 0 Å². The number of morpholine rings is 1. The predicted octanol–water partition coefficient (Wildman–Crippen LogP) is 9.01. The number of imide groups is 1. The van der Waals surface area contributed by atoms with E-state index in [2.05, 4.69) is 11.8 Å². The molecular weight excluding hydrogens is 1020 g/mol. The number of anilines is 1. The van der Waals surface area contributed by atoms with Gasteiger partial charge in [0, 0.05) is 30.8 Å². The number of methoxy groups -OCH3 is 2. The van der Waals surface area contributed by atoms with Crippen molar-refractivity contribution in [2.45, 2.75) is 93.3 Å². The third-order valence-electron chi connectivity index (χ3n) is 16.4. The van der Waals surface area contributed by atoms with Crippen molar-refractivity contribution in [1.82, 2.24) is 9.80 Å². The molecule has 1 spiro atoms. The maximum Gasteiger partial charge on any atom is 0.421 e. The molecule has 0 bridgehead atoms. The Balaban J connectivity index is 1.17. The lowest BCUT2D eigenvalue weighted by molar-refractivity contribution is -0.384. The van der Waals surface area contributed by atoms with Gasteiger partial charge in [-0.25, -0.2) is 9.69 Å². The van der Waals surface area contributed by atoms with Crippen LogP contribution in [0.3, 0.4) is 0 Å². The van der Waals surface area contributed by atoms with Crippen molar-refractivity contribution in [3.8, 4) is 29.1 Å². The monoisotopic (exact) mass is 1080 g/mol. The molecule has 6 aromatic rings. The van der Waals surface area contributed by atoms with E-state index >= 15 is 19.2 Å². The molecule has 0 aromatic heterocycles. The Morgan fingerprint density at radius 2 is 1.45 bits per heavy atom. The standard InChI is InChI=1S/C63H60N4O13/c1-76-51-36-45-28-32-64(38-46(45)37-52(51)77-2)58(69)53-55-59(70)80-56(43-15-9-6-10-16-43)54(42-13-7-5-8-14-42)66(55)57(44-20-24-48(25-21-44)78-34-33-68)63(53)49-35-40(27-31-62(73)29-11-3-4-12-30-62)19-26-50(49)65(60(63)71)61(72)79-39-41-17-22-47(23-18-41)67(74)75/h5-10,13-26,35-37,53-57,68,73H,3-4,11-12,28-30,32-34,38-39H2,1-2H3. The molecule has 5 aliphatic rings. The van der Waals surface area contributed by atoms with Crippen molar-refractivity contribution in [3.05, 3.63) is 194 Å². The van der Waals surface area contributed by atoms with Crippen molar-refractivity contribution < 1.29 is 58.0 Å². The van der Waals surface area contributed by atoms with E-state index in [-0.39, 0.29) is 49.8 Å². The number of ether oxygens (including phenoxy) is 5. The Morgan fingerprint density at radius 3 is 2.10 bits per heavy atom. The minimum absolute atomic E-state index is 0.00245. The summed E-state index contributed by atoms with van der Waals surface area (Å²) >= 11 is 0. The average Bonchev–Trinajstić information content (AvgIpc) is 4.08. The number of nitro benzene ring substituents is 1. The molecule has 2 saturated heterocycles. The lowest BCUT2D eigenvalue weighted by Crippen LogP contribution is -2.57. The number of cyclic esters (lactones) is 1. The molecule has 3 fully saturated rings. The van der Waals surface area contributed by atoms with Crippen LogP contribution in [0.2, 0.25) is 0 Å². The molecule has 17 heteroatoms. The molecule has 17 nitrogen and oxygen atoms in total. The Morgan fingerprint density at radius 1 is 0.787 bits per heavy atom. The number of benzene rings is 6. The van der Waals surface area contributed by atoms with Gasteiger partial charge in [-0.1, -0.05) is 97.5 Å². The van der Waals surface area contributed by atoms with Gasteiger partial charge in [0.05, 0.1) is 49.4 Å². The summed E-state index contributed by atoms with van der Waals surface area (Å²) in [6.07, 6.45) is 2.76. The van der Waals surface area contributed by atoms with Gasteiger partial charge in [-0.05, 0) is 126 Å². The minimum atomic E-state index is -2.16. The van der Waals surface area contributed by atoms with Crippen LogP contribution in [-0.2, 0) is 48.8 Å². The minimum Gasteiger partial charge on any atom is -0.493 e. The lowest BCUT2D eigenvalue weighted by atomic mass is 9.64. The highest BCUT2D eigenvalue weighted by Gasteiger charge is 2.76. The van der Waals surface area contributed by atoms with E-state index in [0.29, 0.717) is 64.3 Å². The quantitative estimate of drug-likeness (QED) is 0.0386. The van der Waals surface area contributed by atoms with Crippen LogP contribution in [0.5, 0.6) is 17.2 Å². The number of aliphatic hydroxyl groups excluding tert-OH is 1. The molecule has 2 N–H and O–H groups in total. The number of fused-ring (bicyclic) bond motifs is 4. The number of rotatable bonds is 12. The van der Waals surface area contributed by atoms with Gasteiger partial charge >= 0.3 is 12.1 Å². The third-order valence-corrected chi connectivity index (χ3v) is 16.4. The zero-order valence-corrected chi connectivity index (χ0v) is 44.3. The maximum absolute atomic E-state index is 17.0. The van der Waals surface area contributed by atoms with Crippen LogP contribution in [0.4, 0.5) is 16.2 Å². The molecule has 1 saturated carbocycles. The van der Waals surface area contributed by atoms with Gasteiger partial charge in [0.1, 0.15) is 42.1 Å². The Labute approximate surface area is 462 Å². The van der Waals surface area contributed by atoms with Crippen molar-refractivity contribution in [2.75, 3.05) is 38.9 Å². The van der Waals surface area contributed by atoms with Gasteiger partial charge in [0.2, 0.25) is 11.8 Å². The van der Waals surface area contributed by atoms with Gasteiger partial charge in [-0.2, -0.15) is 0 Å². The normalized spacial score (nSPS) is 22.9. The van der Waals surface area contributed by atoms with Crippen molar-refractivity contribution >= 4 is 35.3 Å². The summed E-state index contributed by atoms with van der Waals surface area (Å²) in [6.45, 7) is -0.399. The molecule has 6 atom stereocenters. The first-order valence-corrected chi connectivity index (χ1v) is 27.0. The highest BCUT2D eigenvalue weighted by molar-refractivity contribution is 6.23. The van der Waals surface area contributed by atoms with Crippen LogP contribution >= 0.6 is 0 Å². The van der Waals surface area contributed by atoms with Crippen LogP contribution in [0.1, 0.15) is 101 Å². The van der Waals surface area contributed by atoms with E-state index in [1.165, 1.54) is 31.4 Å². The van der Waals surface area contributed by atoms with Gasteiger partial charge in [-0.15, -0.1) is 0 Å². The smallest absolute Gasteiger partial charge is 0.421 e. The van der Waals surface area contributed by atoms with E-state index in [4.69, 9.17) is 23.7 Å². The fourth-order valence-electron chi connectivity index (χ4n) is 12.7. The number of hydrogen-bond donors (Lipinski definition) is 2. The summed E-state index contributed by atoms with van der Waals surface area (Å²) in [5.41, 5.74) is 1.00. The second-order valence-corrected chi connectivity index (χ2v) is 20.9. The number of hydrogen-bond acceptors (Lipinski definition) is 14. The first kappa shape index (κ1) is 53.4. The number of carbonyl (C=O) groups is 4. The molecule has 0 radical (unpaired) electrons. The highest BCUT2D eigenvalue weighted by atomic mass is 16.6. The van der Waals surface area contributed by atoms with Crippen LogP contribution < -0.4 is 19.1 Å². The van der Waals surface area contributed by atoms with Crippen molar-refractivity contribution in [2.24, 2.45) is 5.92 Å². The first-order chi connectivity index (χ1) is 38.9. The van der Waals surface area contributed by atoms with E-state index < -0.39 is 70.0 Å². The Kier molecular flexibility index (Phi) is 14.9. The third kappa shape index (κ3) is 9.67. The summed E-state index contributed by atoms with van der Waals surface area (Å²) in [5, 5.41) is 33.1. The van der Waals surface area contributed by atoms with Gasteiger partial charge in [-0.3, -0.25) is 29.4 Å². The van der Waals surface area contributed by atoms with Crippen LogP contribution in [0, 0.1) is 27.9 Å². The number of esters is 1. The average molecular weight is 1080 g/mol. The molecule has 11 rings (SSSR count). The Hall–Kier alpha value is -8.56. The van der Waals surface area contributed by atoms with Crippen LogP contribution in [0.15, 0.2) is 140 Å². The van der Waals surface area contributed by atoms with E-state index in [1.54, 1.807) is 54.5 Å². The second kappa shape index (κ2) is 22.3. The fraction of sp³-hybridized carbons (Fsp3) is 0.333.